The summed E-state index contributed by atoms with van der Waals surface area (Å²) in [6.45, 7) is 8.38. The fourth-order valence-corrected chi connectivity index (χ4v) is 3.60. The van der Waals surface area contributed by atoms with Crippen molar-refractivity contribution >= 4 is 23.0 Å². The maximum absolute atomic E-state index is 11.5. The molecule has 1 aromatic carbocycles. The number of anilines is 1. The predicted molar refractivity (Wildman–Crippen MR) is 164 cm³/mol. The standard InChI is InChI=1S/C29H49N3O13/c1-2-3-4-5-6-29(33)45-24-23-44-22-21-43-20-19-42-18-17-41-16-15-40-14-13-39-12-11-38-10-9-30-27-8-7-26(31(34)35)25-28(27)32(36)37/h7-8,25,30H,2-6,9-24H2,1H3. The highest BCUT2D eigenvalue weighted by atomic mass is 16.6. The van der Waals surface area contributed by atoms with Crippen molar-refractivity contribution < 1.29 is 52.5 Å². The Morgan fingerprint density at radius 2 is 1.11 bits per heavy atom. The van der Waals surface area contributed by atoms with Crippen LogP contribution in [0.1, 0.15) is 39.0 Å². The Kier molecular flexibility index (Phi) is 25.3. The van der Waals surface area contributed by atoms with Crippen LogP contribution in [0.2, 0.25) is 0 Å². The first-order valence-corrected chi connectivity index (χ1v) is 15.3. The van der Waals surface area contributed by atoms with Crippen molar-refractivity contribution in [3.63, 3.8) is 0 Å². The van der Waals surface area contributed by atoms with Crippen molar-refractivity contribution in [2.24, 2.45) is 0 Å². The molecule has 16 nitrogen and oxygen atoms in total. The lowest BCUT2D eigenvalue weighted by Gasteiger charge is -2.09. The molecule has 0 saturated heterocycles. The van der Waals surface area contributed by atoms with E-state index in [4.69, 9.17) is 37.9 Å². The predicted octanol–water partition coefficient (Wildman–Crippen LogP) is 3.54. The molecule has 0 bridgehead atoms. The number of nitro groups is 2. The Hall–Kier alpha value is -2.99. The van der Waals surface area contributed by atoms with E-state index in [9.17, 15) is 25.0 Å². The van der Waals surface area contributed by atoms with E-state index in [1.165, 1.54) is 12.1 Å². The largest absolute Gasteiger partial charge is 0.463 e. The molecule has 0 fully saturated rings. The average Bonchev–Trinajstić information content (AvgIpc) is 3.03. The van der Waals surface area contributed by atoms with Gasteiger partial charge in [-0.1, -0.05) is 26.2 Å². The number of carbonyl (C=O) groups is 1. The third kappa shape index (κ3) is 23.1. The number of non-ortho nitro benzene ring substituents is 1. The van der Waals surface area contributed by atoms with Gasteiger partial charge >= 0.3 is 5.97 Å². The highest BCUT2D eigenvalue weighted by molar-refractivity contribution is 5.69. The van der Waals surface area contributed by atoms with Gasteiger partial charge in [0.25, 0.3) is 11.4 Å². The molecule has 258 valence electrons. The molecular formula is C29H49N3O13. The van der Waals surface area contributed by atoms with Crippen LogP contribution >= 0.6 is 0 Å². The normalized spacial score (nSPS) is 11.0. The Bertz CT molecular complexity index is 923. The zero-order chi connectivity index (χ0) is 32.8. The van der Waals surface area contributed by atoms with Crippen molar-refractivity contribution in [2.45, 2.75) is 39.0 Å². The molecular weight excluding hydrogens is 598 g/mol. The molecule has 16 heteroatoms. The minimum atomic E-state index is -0.683. The SMILES string of the molecule is CCCCCCC(=O)OCCOCCOCCOCCOCCOCCOCCOCCNc1ccc([N+](=O)[O-])cc1[N+](=O)[O-]. The number of esters is 1. The number of benzene rings is 1. The lowest BCUT2D eigenvalue weighted by Crippen LogP contribution is -2.16. The van der Waals surface area contributed by atoms with Gasteiger partial charge in [-0.05, 0) is 12.5 Å². The summed E-state index contributed by atoms with van der Waals surface area (Å²) in [6.07, 6.45) is 4.69. The number of hydrogen-bond donors (Lipinski definition) is 1. The summed E-state index contributed by atoms with van der Waals surface area (Å²) in [5, 5.41) is 24.8. The van der Waals surface area contributed by atoms with Crippen LogP contribution in [-0.4, -0.2) is 121 Å². The second-order valence-electron chi connectivity index (χ2n) is 9.46. The quantitative estimate of drug-likeness (QED) is 0.0517. The molecule has 0 saturated carbocycles. The molecule has 1 rings (SSSR count). The molecule has 0 aliphatic heterocycles. The maximum Gasteiger partial charge on any atom is 0.305 e. The van der Waals surface area contributed by atoms with Gasteiger partial charge in [-0.25, -0.2) is 0 Å². The minimum absolute atomic E-state index is 0.170. The zero-order valence-electron chi connectivity index (χ0n) is 26.3. The van der Waals surface area contributed by atoms with Crippen LogP contribution in [0.5, 0.6) is 0 Å². The average molecular weight is 648 g/mol. The van der Waals surface area contributed by atoms with Crippen LogP contribution in [0.4, 0.5) is 17.1 Å². The van der Waals surface area contributed by atoms with Gasteiger partial charge in [0, 0.05) is 19.0 Å². The Labute approximate surface area is 264 Å². The van der Waals surface area contributed by atoms with Gasteiger partial charge < -0.3 is 43.2 Å². The molecule has 0 aromatic heterocycles. The molecule has 0 aliphatic rings. The molecule has 45 heavy (non-hydrogen) atoms. The lowest BCUT2D eigenvalue weighted by atomic mass is 10.2. The van der Waals surface area contributed by atoms with Gasteiger partial charge in [0.15, 0.2) is 0 Å². The second kappa shape index (κ2) is 28.5. The summed E-state index contributed by atoms with van der Waals surface area (Å²) in [5.74, 6) is -0.170. The van der Waals surface area contributed by atoms with Crippen molar-refractivity contribution in [2.75, 3.05) is 111 Å². The molecule has 0 amide bonds. The summed E-state index contributed by atoms with van der Waals surface area (Å²) in [5.41, 5.74) is -0.529. The summed E-state index contributed by atoms with van der Waals surface area (Å²) < 4.78 is 43.0. The first-order chi connectivity index (χ1) is 22.0. The third-order valence-electron chi connectivity index (χ3n) is 5.91. The minimum Gasteiger partial charge on any atom is -0.463 e. The fraction of sp³-hybridized carbons (Fsp3) is 0.759. The third-order valence-corrected chi connectivity index (χ3v) is 5.91. The van der Waals surface area contributed by atoms with Gasteiger partial charge in [0.2, 0.25) is 0 Å². The number of ether oxygens (including phenoxy) is 8. The van der Waals surface area contributed by atoms with Crippen molar-refractivity contribution in [3.8, 4) is 0 Å². The topological polar surface area (TPSA) is 189 Å². The highest BCUT2D eigenvalue weighted by Crippen LogP contribution is 2.28. The number of carbonyl (C=O) groups excluding carboxylic acids is 1. The van der Waals surface area contributed by atoms with E-state index >= 15 is 0 Å². The molecule has 0 radical (unpaired) electrons. The summed E-state index contributed by atoms with van der Waals surface area (Å²) >= 11 is 0. The van der Waals surface area contributed by atoms with Crippen LogP contribution in [-0.2, 0) is 42.7 Å². The van der Waals surface area contributed by atoms with Crippen LogP contribution in [0.15, 0.2) is 18.2 Å². The zero-order valence-corrected chi connectivity index (χ0v) is 26.3. The van der Waals surface area contributed by atoms with Gasteiger partial charge in [0.05, 0.1) is 108 Å². The Morgan fingerprint density at radius 3 is 1.56 bits per heavy atom. The van der Waals surface area contributed by atoms with E-state index in [-0.39, 0.29) is 42.8 Å². The Morgan fingerprint density at radius 1 is 0.644 bits per heavy atom. The molecule has 0 unspecified atom stereocenters. The van der Waals surface area contributed by atoms with Crippen LogP contribution in [0.25, 0.3) is 0 Å². The van der Waals surface area contributed by atoms with Crippen molar-refractivity contribution in [3.05, 3.63) is 38.4 Å². The summed E-state index contributed by atoms with van der Waals surface area (Å²) in [7, 11) is 0. The van der Waals surface area contributed by atoms with Crippen LogP contribution < -0.4 is 5.32 Å². The monoisotopic (exact) mass is 647 g/mol. The fourth-order valence-electron chi connectivity index (χ4n) is 3.60. The molecule has 0 spiro atoms. The molecule has 0 heterocycles. The Balaban J connectivity index is 1.78. The van der Waals surface area contributed by atoms with Gasteiger partial charge in [0.1, 0.15) is 12.3 Å². The molecule has 1 N–H and O–H groups in total. The van der Waals surface area contributed by atoms with E-state index in [1.807, 2.05) is 0 Å². The first-order valence-electron chi connectivity index (χ1n) is 15.3. The number of unbranched alkanes of at least 4 members (excludes halogenated alkanes) is 3. The van der Waals surface area contributed by atoms with Crippen molar-refractivity contribution in [1.29, 1.82) is 0 Å². The van der Waals surface area contributed by atoms with E-state index in [0.717, 1.165) is 31.7 Å². The number of rotatable bonds is 32. The van der Waals surface area contributed by atoms with E-state index in [1.54, 1.807) is 0 Å². The maximum atomic E-state index is 11.5. The van der Waals surface area contributed by atoms with E-state index in [2.05, 4.69) is 12.2 Å². The number of nitro benzene ring substituents is 2. The van der Waals surface area contributed by atoms with Gasteiger partial charge in [-0.3, -0.25) is 25.0 Å². The van der Waals surface area contributed by atoms with Gasteiger partial charge in [-0.2, -0.15) is 0 Å². The highest BCUT2D eigenvalue weighted by Gasteiger charge is 2.19. The van der Waals surface area contributed by atoms with E-state index < -0.39 is 9.85 Å². The molecule has 1 aromatic rings. The smallest absolute Gasteiger partial charge is 0.305 e. The molecule has 0 aliphatic carbocycles. The van der Waals surface area contributed by atoms with Crippen molar-refractivity contribution in [1.82, 2.24) is 0 Å². The van der Waals surface area contributed by atoms with Gasteiger partial charge in [-0.15, -0.1) is 0 Å². The summed E-state index contributed by atoms with van der Waals surface area (Å²) in [6, 6.07) is 3.42. The van der Waals surface area contributed by atoms with E-state index in [0.29, 0.717) is 92.3 Å². The number of nitrogens with one attached hydrogen (secondary N) is 1. The number of hydrogen-bond acceptors (Lipinski definition) is 14. The summed E-state index contributed by atoms with van der Waals surface area (Å²) in [4.78, 5) is 32.1. The second-order valence-corrected chi connectivity index (χ2v) is 9.46. The first kappa shape index (κ1) is 40.0. The lowest BCUT2D eigenvalue weighted by molar-refractivity contribution is -0.393. The number of nitrogens with zero attached hydrogens (tertiary/aromatic N) is 2. The van der Waals surface area contributed by atoms with Crippen LogP contribution in [0.3, 0.4) is 0 Å². The van der Waals surface area contributed by atoms with Crippen LogP contribution in [0, 0.1) is 20.2 Å². The molecule has 0 atom stereocenters.